The fourth-order valence-corrected chi connectivity index (χ4v) is 1.37. The van der Waals surface area contributed by atoms with Crippen molar-refractivity contribution in [1.82, 2.24) is 10.6 Å². The van der Waals surface area contributed by atoms with Gasteiger partial charge in [-0.2, -0.15) is 0 Å². The van der Waals surface area contributed by atoms with E-state index in [0.717, 1.165) is 6.42 Å². The molecule has 0 aromatic heterocycles. The van der Waals surface area contributed by atoms with Gasteiger partial charge in [-0.15, -0.1) is 11.8 Å². The van der Waals surface area contributed by atoms with Crippen LogP contribution in [0.15, 0.2) is 0 Å². The Morgan fingerprint density at radius 2 is 1.89 bits per heavy atom. The molecule has 0 aromatic rings. The summed E-state index contributed by atoms with van der Waals surface area (Å²) in [4.78, 5) is 21.7. The Morgan fingerprint density at radius 1 is 1.22 bits per heavy atom. The first kappa shape index (κ1) is 16.3. The summed E-state index contributed by atoms with van der Waals surface area (Å²) in [5.74, 6) is 5.14. The third-order valence-electron chi connectivity index (χ3n) is 2.49. The number of carbonyl (C=O) groups is 2. The van der Waals surface area contributed by atoms with Crippen molar-refractivity contribution in [3.63, 3.8) is 0 Å². The van der Waals surface area contributed by atoms with E-state index < -0.39 is 5.97 Å². The second-order valence-electron chi connectivity index (χ2n) is 4.19. The first-order valence-electron chi connectivity index (χ1n) is 6.19. The van der Waals surface area contributed by atoms with E-state index in [1.165, 1.54) is 0 Å². The highest BCUT2D eigenvalue weighted by atomic mass is 16.4. The van der Waals surface area contributed by atoms with Crippen LogP contribution < -0.4 is 10.6 Å². The standard InChI is InChI=1S/C13H22N2O3/c1-3-4-5-9-14-13(18)15-10-8-11(2)6-7-12(16)17/h11H,5-10H2,1-2H3,(H,16,17)(H2,14,15,18). The second-order valence-corrected chi connectivity index (χ2v) is 4.19. The number of hydrogen-bond acceptors (Lipinski definition) is 2. The number of hydrogen-bond donors (Lipinski definition) is 3. The fourth-order valence-electron chi connectivity index (χ4n) is 1.37. The average molecular weight is 254 g/mol. The Hall–Kier alpha value is -1.70. The molecular formula is C13H22N2O3. The predicted octanol–water partition coefficient (Wildman–Crippen LogP) is 1.59. The molecule has 0 rings (SSSR count). The van der Waals surface area contributed by atoms with Crippen LogP contribution in [0.3, 0.4) is 0 Å². The molecule has 18 heavy (non-hydrogen) atoms. The molecule has 0 radical (unpaired) electrons. The first-order chi connectivity index (χ1) is 8.56. The van der Waals surface area contributed by atoms with Crippen molar-refractivity contribution in [3.8, 4) is 11.8 Å². The van der Waals surface area contributed by atoms with E-state index in [-0.39, 0.29) is 12.5 Å². The summed E-state index contributed by atoms with van der Waals surface area (Å²) in [5.41, 5.74) is 0. The molecule has 1 atom stereocenters. The molecule has 0 aromatic carbocycles. The first-order valence-corrected chi connectivity index (χ1v) is 6.19. The van der Waals surface area contributed by atoms with Crippen LogP contribution in [0.2, 0.25) is 0 Å². The van der Waals surface area contributed by atoms with E-state index in [1.807, 2.05) is 6.92 Å². The maximum absolute atomic E-state index is 11.3. The van der Waals surface area contributed by atoms with Gasteiger partial charge in [-0.1, -0.05) is 6.92 Å². The van der Waals surface area contributed by atoms with Crippen LogP contribution in [0.1, 0.15) is 39.5 Å². The molecule has 0 aliphatic rings. The lowest BCUT2D eigenvalue weighted by Gasteiger charge is -2.11. The molecule has 0 saturated heterocycles. The number of nitrogens with one attached hydrogen (secondary N) is 2. The normalized spacial score (nSPS) is 11.0. The number of aliphatic carboxylic acids is 1. The molecule has 5 nitrogen and oxygen atoms in total. The zero-order valence-corrected chi connectivity index (χ0v) is 11.1. The van der Waals surface area contributed by atoms with Crippen LogP contribution in [-0.4, -0.2) is 30.2 Å². The number of carboxylic acid groups (broad SMARTS) is 1. The van der Waals surface area contributed by atoms with Crippen LogP contribution in [0, 0.1) is 17.8 Å². The van der Waals surface area contributed by atoms with Crippen molar-refractivity contribution in [3.05, 3.63) is 0 Å². The Kier molecular flexibility index (Phi) is 9.47. The van der Waals surface area contributed by atoms with Gasteiger partial charge in [0.1, 0.15) is 0 Å². The lowest BCUT2D eigenvalue weighted by Crippen LogP contribution is -2.36. The predicted molar refractivity (Wildman–Crippen MR) is 70.1 cm³/mol. The molecular weight excluding hydrogens is 232 g/mol. The van der Waals surface area contributed by atoms with Crippen molar-refractivity contribution in [2.75, 3.05) is 13.1 Å². The summed E-state index contributed by atoms with van der Waals surface area (Å²) in [5, 5.41) is 14.0. The van der Waals surface area contributed by atoms with Crippen molar-refractivity contribution in [2.45, 2.75) is 39.5 Å². The van der Waals surface area contributed by atoms with Gasteiger partial charge in [-0.3, -0.25) is 4.79 Å². The van der Waals surface area contributed by atoms with Gasteiger partial charge in [-0.25, -0.2) is 4.79 Å². The second kappa shape index (κ2) is 10.5. The molecule has 1 unspecified atom stereocenters. The van der Waals surface area contributed by atoms with Gasteiger partial charge >= 0.3 is 12.0 Å². The fraction of sp³-hybridized carbons (Fsp3) is 0.692. The van der Waals surface area contributed by atoms with Gasteiger partial charge in [0, 0.05) is 25.9 Å². The van der Waals surface area contributed by atoms with Gasteiger partial charge in [0.15, 0.2) is 0 Å². The smallest absolute Gasteiger partial charge is 0.314 e. The molecule has 102 valence electrons. The maximum Gasteiger partial charge on any atom is 0.314 e. The lowest BCUT2D eigenvalue weighted by molar-refractivity contribution is -0.137. The van der Waals surface area contributed by atoms with Crippen molar-refractivity contribution in [2.24, 2.45) is 5.92 Å². The highest BCUT2D eigenvalue weighted by Gasteiger charge is 2.06. The van der Waals surface area contributed by atoms with E-state index >= 15 is 0 Å². The van der Waals surface area contributed by atoms with Crippen molar-refractivity contribution < 1.29 is 14.7 Å². The molecule has 3 N–H and O–H groups in total. The van der Waals surface area contributed by atoms with Gasteiger partial charge in [0.2, 0.25) is 0 Å². The Labute approximate surface area is 108 Å². The van der Waals surface area contributed by atoms with Crippen LogP contribution in [0.25, 0.3) is 0 Å². The summed E-state index contributed by atoms with van der Waals surface area (Å²) >= 11 is 0. The van der Waals surface area contributed by atoms with Crippen molar-refractivity contribution >= 4 is 12.0 Å². The Balaban J connectivity index is 3.48. The number of urea groups is 1. The maximum atomic E-state index is 11.3. The number of carbonyl (C=O) groups excluding carboxylic acids is 1. The summed E-state index contributed by atoms with van der Waals surface area (Å²) in [6.07, 6.45) is 2.27. The summed E-state index contributed by atoms with van der Waals surface area (Å²) < 4.78 is 0. The molecule has 2 amide bonds. The summed E-state index contributed by atoms with van der Waals surface area (Å²) in [6.45, 7) is 4.85. The Bertz CT molecular complexity index is 318. The summed E-state index contributed by atoms with van der Waals surface area (Å²) in [7, 11) is 0. The molecule has 0 saturated carbocycles. The molecule has 5 heteroatoms. The van der Waals surface area contributed by atoms with Gasteiger partial charge in [0.05, 0.1) is 0 Å². The highest BCUT2D eigenvalue weighted by Crippen LogP contribution is 2.08. The molecule has 0 heterocycles. The number of carboxylic acids is 1. The Morgan fingerprint density at radius 3 is 2.50 bits per heavy atom. The third kappa shape index (κ3) is 10.8. The van der Waals surface area contributed by atoms with Gasteiger partial charge in [-0.05, 0) is 25.7 Å². The van der Waals surface area contributed by atoms with Gasteiger partial charge < -0.3 is 15.7 Å². The largest absolute Gasteiger partial charge is 0.481 e. The van der Waals surface area contributed by atoms with E-state index in [1.54, 1.807) is 6.92 Å². The minimum atomic E-state index is -0.774. The third-order valence-corrected chi connectivity index (χ3v) is 2.49. The van der Waals surface area contributed by atoms with E-state index in [2.05, 4.69) is 22.5 Å². The molecule has 0 fully saturated rings. The molecule has 0 spiro atoms. The van der Waals surface area contributed by atoms with E-state index in [4.69, 9.17) is 5.11 Å². The number of amides is 2. The monoisotopic (exact) mass is 254 g/mol. The van der Waals surface area contributed by atoms with Crippen LogP contribution >= 0.6 is 0 Å². The number of rotatable bonds is 8. The topological polar surface area (TPSA) is 78.4 Å². The quantitative estimate of drug-likeness (QED) is 0.454. The molecule has 0 bridgehead atoms. The average Bonchev–Trinajstić information content (AvgIpc) is 2.32. The van der Waals surface area contributed by atoms with E-state index in [0.29, 0.717) is 31.8 Å². The van der Waals surface area contributed by atoms with Crippen molar-refractivity contribution in [1.29, 1.82) is 0 Å². The zero-order valence-electron chi connectivity index (χ0n) is 11.1. The van der Waals surface area contributed by atoms with Crippen LogP contribution in [0.5, 0.6) is 0 Å². The minimum Gasteiger partial charge on any atom is -0.481 e. The molecule has 0 aliphatic heterocycles. The highest BCUT2D eigenvalue weighted by molar-refractivity contribution is 5.73. The zero-order chi connectivity index (χ0) is 13.8. The van der Waals surface area contributed by atoms with Crippen LogP contribution in [0.4, 0.5) is 4.79 Å². The SMILES string of the molecule is CC#CCCNC(=O)NCCC(C)CCC(=O)O. The molecule has 0 aliphatic carbocycles. The summed E-state index contributed by atoms with van der Waals surface area (Å²) in [6, 6.07) is -0.196. The lowest BCUT2D eigenvalue weighted by atomic mass is 10.0. The van der Waals surface area contributed by atoms with Gasteiger partial charge in [0.25, 0.3) is 0 Å². The minimum absolute atomic E-state index is 0.184. The van der Waals surface area contributed by atoms with Crippen LogP contribution in [-0.2, 0) is 4.79 Å². The van der Waals surface area contributed by atoms with E-state index in [9.17, 15) is 9.59 Å².